The monoisotopic (exact) mass is 573 g/mol. The van der Waals surface area contributed by atoms with Crippen LogP contribution in [-0.2, 0) is 14.2 Å². The highest BCUT2D eigenvalue weighted by atomic mass is 35.5. The first-order chi connectivity index (χ1) is 19.0. The van der Waals surface area contributed by atoms with E-state index in [0.717, 1.165) is 50.7 Å². The summed E-state index contributed by atoms with van der Waals surface area (Å²) in [4.78, 5) is 24.2. The summed E-state index contributed by atoms with van der Waals surface area (Å²) in [6, 6.07) is 9.30. The van der Waals surface area contributed by atoms with Crippen molar-refractivity contribution >= 4 is 24.1 Å². The van der Waals surface area contributed by atoms with E-state index in [-0.39, 0.29) is 36.6 Å². The smallest absolute Gasteiger partial charge is 0.272 e. The number of hydrogen-bond acceptors (Lipinski definition) is 8. The molecule has 40 heavy (non-hydrogen) atoms. The number of aromatic nitrogens is 2. The highest BCUT2D eigenvalue weighted by molar-refractivity contribution is 5.94. The van der Waals surface area contributed by atoms with E-state index < -0.39 is 0 Å². The molecule has 2 aromatic rings. The zero-order chi connectivity index (χ0) is 27.2. The van der Waals surface area contributed by atoms with Gasteiger partial charge in [0.1, 0.15) is 17.8 Å². The molecular formula is C30H44ClN5O4. The molecule has 4 atom stereocenters. The number of carbonyl (C=O) groups is 1. The Morgan fingerprint density at radius 2 is 1.85 bits per heavy atom. The Kier molecular flexibility index (Phi) is 11.1. The molecule has 1 amide bonds. The molecule has 3 saturated heterocycles. The maximum Gasteiger partial charge on any atom is 0.272 e. The summed E-state index contributed by atoms with van der Waals surface area (Å²) in [5, 5.41) is 7.20. The van der Waals surface area contributed by atoms with Crippen LogP contribution in [0.15, 0.2) is 30.6 Å². The molecule has 3 aliphatic heterocycles. The van der Waals surface area contributed by atoms with Gasteiger partial charge in [0.15, 0.2) is 0 Å². The second-order valence-corrected chi connectivity index (χ2v) is 11.1. The van der Waals surface area contributed by atoms with E-state index in [9.17, 15) is 4.79 Å². The zero-order valence-corrected chi connectivity index (χ0v) is 24.8. The predicted molar refractivity (Wildman–Crippen MR) is 157 cm³/mol. The molecule has 0 aliphatic carbocycles. The lowest BCUT2D eigenvalue weighted by Gasteiger charge is -2.38. The van der Waals surface area contributed by atoms with Gasteiger partial charge in [-0.05, 0) is 57.9 Å². The molecule has 0 spiro atoms. The maximum absolute atomic E-state index is 13.4. The van der Waals surface area contributed by atoms with Crippen LogP contribution in [0, 0.1) is 13.8 Å². The van der Waals surface area contributed by atoms with Crippen LogP contribution in [-0.4, -0.2) is 85.0 Å². The second-order valence-electron chi connectivity index (χ2n) is 11.1. The molecule has 9 nitrogen and oxygen atoms in total. The van der Waals surface area contributed by atoms with Crippen LogP contribution in [0.3, 0.4) is 0 Å². The highest BCUT2D eigenvalue weighted by Gasteiger charge is 2.31. The molecule has 0 unspecified atom stereocenters. The van der Waals surface area contributed by atoms with E-state index in [0.29, 0.717) is 49.8 Å². The number of nitrogens with one attached hydrogen (secondary N) is 2. The van der Waals surface area contributed by atoms with Gasteiger partial charge >= 0.3 is 0 Å². The van der Waals surface area contributed by atoms with E-state index in [4.69, 9.17) is 14.2 Å². The van der Waals surface area contributed by atoms with Gasteiger partial charge in [-0.3, -0.25) is 4.79 Å². The number of amides is 1. The average Bonchev–Trinajstić information content (AvgIpc) is 2.97. The molecule has 0 saturated carbocycles. The van der Waals surface area contributed by atoms with Gasteiger partial charge in [0.25, 0.3) is 5.91 Å². The lowest BCUT2D eigenvalue weighted by atomic mass is 9.97. The fraction of sp³-hybridized carbons (Fsp3) is 0.633. The molecular weight excluding hydrogens is 530 g/mol. The number of nitrogens with zero attached hydrogens (tertiary/aromatic N) is 3. The van der Waals surface area contributed by atoms with Gasteiger partial charge in [-0.25, -0.2) is 9.97 Å². The Labute approximate surface area is 244 Å². The van der Waals surface area contributed by atoms with Crippen molar-refractivity contribution in [2.75, 3.05) is 45.3 Å². The first kappa shape index (κ1) is 30.7. The number of ether oxygens (including phenoxy) is 3. The van der Waals surface area contributed by atoms with Crippen molar-refractivity contribution in [1.29, 1.82) is 0 Å². The molecule has 3 aliphatic rings. The molecule has 0 bridgehead atoms. The number of rotatable bonds is 8. The highest BCUT2D eigenvalue weighted by Crippen LogP contribution is 2.31. The Bertz CT molecular complexity index is 1100. The maximum atomic E-state index is 13.4. The summed E-state index contributed by atoms with van der Waals surface area (Å²) in [6.07, 6.45) is 7.75. The van der Waals surface area contributed by atoms with Crippen molar-refractivity contribution in [3.63, 3.8) is 0 Å². The molecule has 1 aromatic heterocycles. The zero-order valence-electron chi connectivity index (χ0n) is 23.9. The number of carbonyl (C=O) groups excluding carboxylic acids is 1. The molecule has 4 heterocycles. The van der Waals surface area contributed by atoms with Crippen LogP contribution in [0.4, 0.5) is 5.82 Å². The minimum absolute atomic E-state index is 0. The number of aryl methyl sites for hydroxylation is 1. The summed E-state index contributed by atoms with van der Waals surface area (Å²) in [5.74, 6) is 0.682. The first-order valence-electron chi connectivity index (χ1n) is 14.4. The fourth-order valence-corrected chi connectivity index (χ4v) is 5.97. The molecule has 220 valence electrons. The normalized spacial score (nSPS) is 25.7. The van der Waals surface area contributed by atoms with Crippen molar-refractivity contribution in [3.05, 3.63) is 53.0 Å². The minimum Gasteiger partial charge on any atom is -0.379 e. The van der Waals surface area contributed by atoms with Gasteiger partial charge in [0.05, 0.1) is 24.9 Å². The topological polar surface area (TPSA) is 97.8 Å². The van der Waals surface area contributed by atoms with Crippen LogP contribution in [0.1, 0.15) is 71.8 Å². The Morgan fingerprint density at radius 1 is 1.07 bits per heavy atom. The Morgan fingerprint density at radius 3 is 2.60 bits per heavy atom. The van der Waals surface area contributed by atoms with Crippen molar-refractivity contribution in [1.82, 2.24) is 20.2 Å². The quantitative estimate of drug-likeness (QED) is 0.484. The van der Waals surface area contributed by atoms with E-state index in [2.05, 4.69) is 51.8 Å². The largest absolute Gasteiger partial charge is 0.379 e. The van der Waals surface area contributed by atoms with Gasteiger partial charge in [0, 0.05) is 51.0 Å². The Balaban J connectivity index is 0.00000370. The van der Waals surface area contributed by atoms with Crippen molar-refractivity contribution in [2.45, 2.75) is 82.8 Å². The lowest BCUT2D eigenvalue weighted by molar-refractivity contribution is -0.0533. The third-order valence-corrected chi connectivity index (χ3v) is 8.42. The third kappa shape index (κ3) is 7.50. The second kappa shape index (κ2) is 14.5. The van der Waals surface area contributed by atoms with E-state index in [1.54, 1.807) is 7.11 Å². The van der Waals surface area contributed by atoms with Crippen LogP contribution >= 0.6 is 12.4 Å². The lowest BCUT2D eigenvalue weighted by Crippen LogP contribution is -2.54. The van der Waals surface area contributed by atoms with Crippen molar-refractivity contribution < 1.29 is 19.0 Å². The molecule has 10 heteroatoms. The predicted octanol–water partition coefficient (Wildman–Crippen LogP) is 4.24. The standard InChI is InChI=1S/C30H43N5O4.ClH/c1-20-7-9-22(10-8-20)26-6-4-5-24(39-26)17-31-29-21(2)28(32-19-33-29)30(36)35-14-11-23(12-15-35)34-25-13-16-38-18-27(25)37-3;/h7-10,19,23-27,34H,4-6,11-18H2,1-3H3,(H,31,32,33);1H/t24-,25-,26+,27+;/m1./s1. The molecule has 3 fully saturated rings. The van der Waals surface area contributed by atoms with Gasteiger partial charge in [0.2, 0.25) is 0 Å². The SMILES string of the molecule is CO[C@H]1COCC[C@H]1NC1CCN(C(=O)c2ncnc(NC[C@H]3CCC[C@@H](c4ccc(C)cc4)O3)c2C)CC1.Cl. The summed E-state index contributed by atoms with van der Waals surface area (Å²) in [5.41, 5.74) is 3.76. The van der Waals surface area contributed by atoms with Crippen molar-refractivity contribution in [3.8, 4) is 0 Å². The molecule has 0 radical (unpaired) electrons. The number of hydrogen-bond donors (Lipinski definition) is 2. The van der Waals surface area contributed by atoms with Crippen LogP contribution in [0.2, 0.25) is 0 Å². The van der Waals surface area contributed by atoms with Gasteiger partial charge in [-0.1, -0.05) is 29.8 Å². The molecule has 2 N–H and O–H groups in total. The average molecular weight is 574 g/mol. The number of halogens is 1. The number of likely N-dealkylation sites (tertiary alicyclic amines) is 1. The van der Waals surface area contributed by atoms with Gasteiger partial charge in [-0.2, -0.15) is 0 Å². The number of anilines is 1. The van der Waals surface area contributed by atoms with Gasteiger partial charge < -0.3 is 29.7 Å². The Hall–Kier alpha value is -2.30. The third-order valence-electron chi connectivity index (χ3n) is 8.42. The van der Waals surface area contributed by atoms with Crippen LogP contribution < -0.4 is 10.6 Å². The fourth-order valence-electron chi connectivity index (χ4n) is 5.97. The first-order valence-corrected chi connectivity index (χ1v) is 14.4. The van der Waals surface area contributed by atoms with E-state index in [1.165, 1.54) is 17.5 Å². The summed E-state index contributed by atoms with van der Waals surface area (Å²) < 4.78 is 17.6. The number of methoxy groups -OCH3 is 1. The number of benzene rings is 1. The minimum atomic E-state index is -0.0226. The summed E-state index contributed by atoms with van der Waals surface area (Å²) in [7, 11) is 1.74. The van der Waals surface area contributed by atoms with Crippen molar-refractivity contribution in [2.24, 2.45) is 0 Å². The van der Waals surface area contributed by atoms with Gasteiger partial charge in [-0.15, -0.1) is 12.4 Å². The van der Waals surface area contributed by atoms with Crippen LogP contribution in [0.5, 0.6) is 0 Å². The van der Waals surface area contributed by atoms with E-state index in [1.807, 2.05) is 11.8 Å². The molecule has 5 rings (SSSR count). The van der Waals surface area contributed by atoms with E-state index >= 15 is 0 Å². The molecule has 1 aromatic carbocycles. The summed E-state index contributed by atoms with van der Waals surface area (Å²) in [6.45, 7) is 7.50. The number of piperidine rings is 1. The summed E-state index contributed by atoms with van der Waals surface area (Å²) >= 11 is 0. The van der Waals surface area contributed by atoms with Crippen LogP contribution in [0.25, 0.3) is 0 Å².